The minimum Gasteiger partial charge on any atom is -0.480 e. The number of esters is 1. The summed E-state index contributed by atoms with van der Waals surface area (Å²) in [6, 6.07) is 14.1. The highest BCUT2D eigenvalue weighted by molar-refractivity contribution is 6.32. The number of hydrogen-bond donors (Lipinski definition) is 1. The molecule has 0 heterocycles. The van der Waals surface area contributed by atoms with Crippen LogP contribution in [0, 0.1) is 6.92 Å². The molecule has 2 aromatic rings. The van der Waals surface area contributed by atoms with Gasteiger partial charge >= 0.3 is 5.97 Å². The zero-order chi connectivity index (χ0) is 16.7. The Hall–Kier alpha value is -2.53. The maximum Gasteiger partial charge on any atom is 0.344 e. The molecule has 2 aromatic carbocycles. The van der Waals surface area contributed by atoms with Crippen LogP contribution in [0.2, 0.25) is 5.02 Å². The summed E-state index contributed by atoms with van der Waals surface area (Å²) in [7, 11) is 0. The molecule has 0 saturated heterocycles. The molecule has 0 fully saturated rings. The Kier molecular flexibility index (Phi) is 6.00. The fraction of sp³-hybridized carbons (Fsp3) is 0.176. The molecule has 0 bridgehead atoms. The zero-order valence-corrected chi connectivity index (χ0v) is 13.3. The number of rotatable bonds is 6. The molecule has 2 rings (SSSR count). The lowest BCUT2D eigenvalue weighted by Crippen LogP contribution is -2.23. The van der Waals surface area contributed by atoms with Gasteiger partial charge in [0.1, 0.15) is 5.75 Å². The minimum absolute atomic E-state index is 0.318. The molecule has 0 aromatic heterocycles. The van der Waals surface area contributed by atoms with E-state index < -0.39 is 11.9 Å². The van der Waals surface area contributed by atoms with Crippen molar-refractivity contribution in [3.8, 4) is 5.75 Å². The minimum atomic E-state index is -0.647. The van der Waals surface area contributed by atoms with Gasteiger partial charge in [-0.05, 0) is 36.8 Å². The van der Waals surface area contributed by atoms with Crippen LogP contribution in [0.25, 0.3) is 0 Å². The number of ether oxygens (including phenoxy) is 2. The SMILES string of the molecule is Cc1ccc(Cl)c(OCC(=O)OCC(=O)Nc2ccccc2)c1. The second-order valence-electron chi connectivity index (χ2n) is 4.80. The molecule has 120 valence electrons. The summed E-state index contributed by atoms with van der Waals surface area (Å²) in [5, 5.41) is 3.02. The monoisotopic (exact) mass is 333 g/mol. The Bertz CT molecular complexity index is 688. The molecule has 5 nitrogen and oxygen atoms in total. The Balaban J connectivity index is 1.74. The molecule has 1 N–H and O–H groups in total. The lowest BCUT2D eigenvalue weighted by molar-refractivity contribution is -0.149. The third kappa shape index (κ3) is 5.64. The van der Waals surface area contributed by atoms with E-state index in [4.69, 9.17) is 21.1 Å². The highest BCUT2D eigenvalue weighted by Crippen LogP contribution is 2.25. The van der Waals surface area contributed by atoms with E-state index in [1.165, 1.54) is 0 Å². The first-order chi connectivity index (χ1) is 11.0. The molecule has 1 amide bonds. The van der Waals surface area contributed by atoms with E-state index >= 15 is 0 Å². The predicted octanol–water partition coefficient (Wildman–Crippen LogP) is 3.21. The quantitative estimate of drug-likeness (QED) is 0.824. The van der Waals surface area contributed by atoms with Gasteiger partial charge in [0.05, 0.1) is 5.02 Å². The largest absolute Gasteiger partial charge is 0.480 e. The molecule has 6 heteroatoms. The molecule has 0 aliphatic carbocycles. The van der Waals surface area contributed by atoms with Gasteiger partial charge < -0.3 is 14.8 Å². The van der Waals surface area contributed by atoms with Crippen LogP contribution in [0.4, 0.5) is 5.69 Å². The predicted molar refractivity (Wildman–Crippen MR) is 87.7 cm³/mol. The van der Waals surface area contributed by atoms with Crippen LogP contribution in [-0.2, 0) is 14.3 Å². The fourth-order valence-corrected chi connectivity index (χ4v) is 1.94. The van der Waals surface area contributed by atoms with E-state index in [9.17, 15) is 9.59 Å². The number of halogens is 1. The molecular weight excluding hydrogens is 318 g/mol. The van der Waals surface area contributed by atoms with Crippen molar-refractivity contribution < 1.29 is 19.1 Å². The molecule has 0 spiro atoms. The van der Waals surface area contributed by atoms with E-state index in [1.54, 1.807) is 36.4 Å². The summed E-state index contributed by atoms with van der Waals surface area (Å²) >= 11 is 5.96. The van der Waals surface area contributed by atoms with Crippen LogP contribution in [0.5, 0.6) is 5.75 Å². The van der Waals surface area contributed by atoms with Gasteiger partial charge in [0.2, 0.25) is 0 Å². The van der Waals surface area contributed by atoms with Gasteiger partial charge in [-0.3, -0.25) is 4.79 Å². The number of aryl methyl sites for hydroxylation is 1. The number of carbonyl (C=O) groups is 2. The van der Waals surface area contributed by atoms with Crippen LogP contribution >= 0.6 is 11.6 Å². The maximum absolute atomic E-state index is 11.6. The number of nitrogens with one attached hydrogen (secondary N) is 1. The van der Waals surface area contributed by atoms with Crippen molar-refractivity contribution >= 4 is 29.2 Å². The van der Waals surface area contributed by atoms with Gasteiger partial charge in [-0.25, -0.2) is 4.79 Å². The summed E-state index contributed by atoms with van der Waals surface area (Å²) in [6.07, 6.45) is 0. The van der Waals surface area contributed by atoms with Gasteiger partial charge in [-0.15, -0.1) is 0 Å². The van der Waals surface area contributed by atoms with Gasteiger partial charge in [-0.1, -0.05) is 35.9 Å². The van der Waals surface area contributed by atoms with Crippen LogP contribution in [0.1, 0.15) is 5.56 Å². The second kappa shape index (κ2) is 8.19. The number of carbonyl (C=O) groups excluding carboxylic acids is 2. The Morgan fingerprint density at radius 1 is 1.09 bits per heavy atom. The molecule has 0 unspecified atom stereocenters. The van der Waals surface area contributed by atoms with Crippen molar-refractivity contribution in [2.45, 2.75) is 6.92 Å². The second-order valence-corrected chi connectivity index (χ2v) is 5.20. The van der Waals surface area contributed by atoms with E-state index in [0.717, 1.165) is 5.56 Å². The van der Waals surface area contributed by atoms with Crippen molar-refractivity contribution in [3.63, 3.8) is 0 Å². The van der Waals surface area contributed by atoms with Gasteiger partial charge in [0.25, 0.3) is 5.91 Å². The molecule has 0 aliphatic rings. The maximum atomic E-state index is 11.6. The lowest BCUT2D eigenvalue weighted by Gasteiger charge is -2.09. The first kappa shape index (κ1) is 16.8. The molecular formula is C17H16ClNO4. The van der Waals surface area contributed by atoms with Crippen molar-refractivity contribution in [1.82, 2.24) is 0 Å². The summed E-state index contributed by atoms with van der Waals surface area (Å²) < 4.78 is 10.1. The number of amides is 1. The van der Waals surface area contributed by atoms with Gasteiger partial charge in [0.15, 0.2) is 13.2 Å². The van der Waals surface area contributed by atoms with Crippen LogP contribution in [0.15, 0.2) is 48.5 Å². The van der Waals surface area contributed by atoms with Crippen molar-refractivity contribution in [3.05, 3.63) is 59.1 Å². The molecule has 0 atom stereocenters. The number of para-hydroxylation sites is 1. The highest BCUT2D eigenvalue weighted by Gasteiger charge is 2.10. The number of anilines is 1. The number of benzene rings is 2. The van der Waals surface area contributed by atoms with Gasteiger partial charge in [-0.2, -0.15) is 0 Å². The normalized spacial score (nSPS) is 10.0. The average molecular weight is 334 g/mol. The number of hydrogen-bond acceptors (Lipinski definition) is 4. The summed E-state index contributed by atoms with van der Waals surface area (Å²) in [5.74, 6) is -0.665. The third-order valence-electron chi connectivity index (χ3n) is 2.85. The zero-order valence-electron chi connectivity index (χ0n) is 12.5. The van der Waals surface area contributed by atoms with Crippen LogP contribution in [0.3, 0.4) is 0 Å². The molecule has 0 aliphatic heterocycles. The van der Waals surface area contributed by atoms with E-state index in [1.807, 2.05) is 19.1 Å². The van der Waals surface area contributed by atoms with Crippen molar-refractivity contribution in [2.24, 2.45) is 0 Å². The van der Waals surface area contributed by atoms with Gasteiger partial charge in [0, 0.05) is 5.69 Å². The van der Waals surface area contributed by atoms with Crippen molar-refractivity contribution in [2.75, 3.05) is 18.5 Å². The Morgan fingerprint density at radius 3 is 2.57 bits per heavy atom. The van der Waals surface area contributed by atoms with E-state index in [-0.39, 0.29) is 13.2 Å². The van der Waals surface area contributed by atoms with Crippen LogP contribution in [-0.4, -0.2) is 25.1 Å². The summed E-state index contributed by atoms with van der Waals surface area (Å²) in [6.45, 7) is 1.19. The summed E-state index contributed by atoms with van der Waals surface area (Å²) in [5.41, 5.74) is 1.59. The van der Waals surface area contributed by atoms with E-state index in [0.29, 0.717) is 16.5 Å². The molecule has 0 saturated carbocycles. The topological polar surface area (TPSA) is 64.6 Å². The first-order valence-corrected chi connectivity index (χ1v) is 7.32. The Morgan fingerprint density at radius 2 is 1.83 bits per heavy atom. The van der Waals surface area contributed by atoms with Crippen LogP contribution < -0.4 is 10.1 Å². The highest BCUT2D eigenvalue weighted by atomic mass is 35.5. The molecule has 23 heavy (non-hydrogen) atoms. The van der Waals surface area contributed by atoms with Crippen molar-refractivity contribution in [1.29, 1.82) is 0 Å². The third-order valence-corrected chi connectivity index (χ3v) is 3.17. The standard InChI is InChI=1S/C17H16ClNO4/c1-12-7-8-14(18)15(9-12)22-11-17(21)23-10-16(20)19-13-5-3-2-4-6-13/h2-9H,10-11H2,1H3,(H,19,20). The van der Waals surface area contributed by atoms with E-state index in [2.05, 4.69) is 5.32 Å². The smallest absolute Gasteiger partial charge is 0.344 e. The fourth-order valence-electron chi connectivity index (χ4n) is 1.76. The average Bonchev–Trinajstić information content (AvgIpc) is 2.54. The molecule has 0 radical (unpaired) electrons. The first-order valence-electron chi connectivity index (χ1n) is 6.94. The summed E-state index contributed by atoms with van der Waals surface area (Å²) in [4.78, 5) is 23.2. The Labute approximate surface area is 139 Å². The lowest BCUT2D eigenvalue weighted by atomic mass is 10.2.